The summed E-state index contributed by atoms with van der Waals surface area (Å²) in [6.07, 6.45) is 0. The number of anilines is 1. The van der Waals surface area contributed by atoms with Gasteiger partial charge in [-0.15, -0.1) is 0 Å². The lowest BCUT2D eigenvalue weighted by atomic mass is 10.1. The molecule has 152 valence electrons. The van der Waals surface area contributed by atoms with E-state index in [2.05, 4.69) is 17.9 Å². The van der Waals surface area contributed by atoms with Crippen LogP contribution in [0.2, 0.25) is 0 Å². The molecule has 5 heteroatoms. The first-order valence-corrected chi connectivity index (χ1v) is 9.77. The highest BCUT2D eigenvalue weighted by molar-refractivity contribution is 5.89. The Kier molecular flexibility index (Phi) is 7.07. The highest BCUT2D eigenvalue weighted by Crippen LogP contribution is 2.26. The van der Waals surface area contributed by atoms with Gasteiger partial charge in [0, 0.05) is 24.3 Å². The molecule has 0 saturated carbocycles. The highest BCUT2D eigenvalue weighted by Gasteiger charge is 2.13. The number of nitrogens with zero attached hydrogens (tertiary/aromatic N) is 2. The van der Waals surface area contributed by atoms with E-state index in [1.165, 1.54) is 7.11 Å². The van der Waals surface area contributed by atoms with E-state index in [1.54, 1.807) is 24.3 Å². The molecule has 0 spiro atoms. The van der Waals surface area contributed by atoms with Gasteiger partial charge in [0.2, 0.25) is 0 Å². The van der Waals surface area contributed by atoms with Gasteiger partial charge in [-0.25, -0.2) is 4.79 Å². The summed E-state index contributed by atoms with van der Waals surface area (Å²) in [5.41, 5.74) is 4.12. The molecule has 0 atom stereocenters. The molecule has 0 aliphatic heterocycles. The number of esters is 1. The fourth-order valence-corrected chi connectivity index (χ4v) is 3.14. The van der Waals surface area contributed by atoms with E-state index >= 15 is 0 Å². The number of carbonyl (C=O) groups excluding carboxylic acids is 1. The Hall–Kier alpha value is -3.78. The minimum atomic E-state index is -0.353. The maximum atomic E-state index is 11.7. The molecule has 5 nitrogen and oxygen atoms in total. The number of benzene rings is 3. The predicted octanol–water partition coefficient (Wildman–Crippen LogP) is 4.95. The third kappa shape index (κ3) is 5.18. The van der Waals surface area contributed by atoms with Crippen LogP contribution in [0.1, 0.15) is 34.0 Å². The van der Waals surface area contributed by atoms with Crippen molar-refractivity contribution in [2.45, 2.75) is 20.1 Å². The molecule has 0 saturated heterocycles. The van der Waals surface area contributed by atoms with Crippen molar-refractivity contribution in [1.82, 2.24) is 0 Å². The van der Waals surface area contributed by atoms with Gasteiger partial charge in [0.05, 0.1) is 24.3 Å². The van der Waals surface area contributed by atoms with Gasteiger partial charge in [0.15, 0.2) is 0 Å². The molecule has 0 amide bonds. The van der Waals surface area contributed by atoms with E-state index in [0.717, 1.165) is 23.4 Å². The lowest BCUT2D eigenvalue weighted by Crippen LogP contribution is -2.22. The normalized spacial score (nSPS) is 10.2. The largest absolute Gasteiger partial charge is 0.489 e. The van der Waals surface area contributed by atoms with Gasteiger partial charge in [-0.1, -0.05) is 36.4 Å². The van der Waals surface area contributed by atoms with Crippen molar-refractivity contribution >= 4 is 11.7 Å². The summed E-state index contributed by atoms with van der Waals surface area (Å²) in [4.78, 5) is 13.8. The van der Waals surface area contributed by atoms with Gasteiger partial charge in [-0.2, -0.15) is 5.26 Å². The van der Waals surface area contributed by atoms with Crippen LogP contribution in [0.3, 0.4) is 0 Å². The number of carbonyl (C=O) groups is 1. The second-order valence-corrected chi connectivity index (χ2v) is 6.76. The zero-order valence-electron chi connectivity index (χ0n) is 17.2. The van der Waals surface area contributed by atoms with E-state index in [4.69, 9.17) is 9.47 Å². The summed E-state index contributed by atoms with van der Waals surface area (Å²) < 4.78 is 10.8. The highest BCUT2D eigenvalue weighted by atomic mass is 16.5. The van der Waals surface area contributed by atoms with Gasteiger partial charge >= 0.3 is 5.97 Å². The average Bonchev–Trinajstić information content (AvgIpc) is 2.81. The fraction of sp³-hybridized carbons (Fsp3) is 0.200. The second-order valence-electron chi connectivity index (χ2n) is 6.76. The minimum absolute atomic E-state index is 0.353. The van der Waals surface area contributed by atoms with E-state index in [0.29, 0.717) is 30.0 Å². The molecular formula is C25H24N2O3. The maximum Gasteiger partial charge on any atom is 0.337 e. The van der Waals surface area contributed by atoms with Gasteiger partial charge < -0.3 is 14.4 Å². The van der Waals surface area contributed by atoms with Crippen LogP contribution in [0.5, 0.6) is 5.75 Å². The number of ether oxygens (including phenoxy) is 2. The standard InChI is InChI=1S/C25H24N2O3/c1-3-27(23-13-11-21(12-14-23)25(28)29-2)17-22-10-9-20(16-26)15-24(22)30-18-19-7-5-4-6-8-19/h4-15H,3,17-18H2,1-2H3. The van der Waals surface area contributed by atoms with Gasteiger partial charge in [-0.05, 0) is 48.9 Å². The zero-order chi connectivity index (χ0) is 21.3. The first kappa shape index (κ1) is 20.9. The van der Waals surface area contributed by atoms with Crippen molar-refractivity contribution in [2.24, 2.45) is 0 Å². The first-order chi connectivity index (χ1) is 14.6. The Labute approximate surface area is 177 Å². The van der Waals surface area contributed by atoms with Gasteiger partial charge in [0.1, 0.15) is 12.4 Å². The molecule has 0 fully saturated rings. The van der Waals surface area contributed by atoms with Crippen LogP contribution in [0.25, 0.3) is 0 Å². The Morgan fingerprint density at radius 1 is 1.03 bits per heavy atom. The Morgan fingerprint density at radius 2 is 1.77 bits per heavy atom. The topological polar surface area (TPSA) is 62.6 Å². The molecule has 0 radical (unpaired) electrons. The van der Waals surface area contributed by atoms with Crippen LogP contribution in [-0.2, 0) is 17.9 Å². The number of rotatable bonds is 8. The van der Waals surface area contributed by atoms with Crippen molar-refractivity contribution in [1.29, 1.82) is 5.26 Å². The molecule has 3 aromatic rings. The van der Waals surface area contributed by atoms with Crippen LogP contribution in [0, 0.1) is 11.3 Å². The molecule has 3 rings (SSSR count). The Bertz CT molecular complexity index is 1020. The number of hydrogen-bond acceptors (Lipinski definition) is 5. The molecule has 0 aromatic heterocycles. The lowest BCUT2D eigenvalue weighted by molar-refractivity contribution is 0.0600. The number of methoxy groups -OCH3 is 1. The van der Waals surface area contributed by atoms with Crippen LogP contribution >= 0.6 is 0 Å². The van der Waals surface area contributed by atoms with E-state index in [-0.39, 0.29) is 5.97 Å². The van der Waals surface area contributed by atoms with Crippen molar-refractivity contribution in [3.8, 4) is 11.8 Å². The van der Waals surface area contributed by atoms with E-state index in [9.17, 15) is 10.1 Å². The molecule has 30 heavy (non-hydrogen) atoms. The minimum Gasteiger partial charge on any atom is -0.489 e. The monoisotopic (exact) mass is 400 g/mol. The quantitative estimate of drug-likeness (QED) is 0.501. The van der Waals surface area contributed by atoms with Crippen LogP contribution in [-0.4, -0.2) is 19.6 Å². The maximum absolute atomic E-state index is 11.7. The number of hydrogen-bond donors (Lipinski definition) is 0. The fourth-order valence-electron chi connectivity index (χ4n) is 3.14. The van der Waals surface area contributed by atoms with Crippen molar-refractivity contribution in [3.63, 3.8) is 0 Å². The average molecular weight is 400 g/mol. The van der Waals surface area contributed by atoms with Crippen molar-refractivity contribution in [2.75, 3.05) is 18.6 Å². The summed E-state index contributed by atoms with van der Waals surface area (Å²) in [6.45, 7) is 3.89. The molecule has 0 aliphatic carbocycles. The molecule has 0 bridgehead atoms. The molecule has 0 N–H and O–H groups in total. The SMILES string of the molecule is CCN(Cc1ccc(C#N)cc1OCc1ccccc1)c1ccc(C(=O)OC)cc1. The van der Waals surface area contributed by atoms with Crippen molar-refractivity contribution < 1.29 is 14.3 Å². The van der Waals surface area contributed by atoms with Gasteiger partial charge in [-0.3, -0.25) is 0 Å². The third-order valence-electron chi connectivity index (χ3n) is 4.83. The molecule has 0 heterocycles. The molecule has 0 unspecified atom stereocenters. The first-order valence-electron chi connectivity index (χ1n) is 9.77. The van der Waals surface area contributed by atoms with Gasteiger partial charge in [0.25, 0.3) is 0 Å². The molecular weight excluding hydrogens is 376 g/mol. The second kappa shape index (κ2) is 10.1. The van der Waals surface area contributed by atoms with Crippen LogP contribution in [0.4, 0.5) is 5.69 Å². The summed E-state index contributed by atoms with van der Waals surface area (Å²) >= 11 is 0. The molecule has 0 aliphatic rings. The third-order valence-corrected chi connectivity index (χ3v) is 4.83. The summed E-state index contributed by atoms with van der Waals surface area (Å²) in [6, 6.07) is 25.0. The van der Waals surface area contributed by atoms with E-state index < -0.39 is 0 Å². The Balaban J connectivity index is 1.81. The zero-order valence-corrected chi connectivity index (χ0v) is 17.2. The summed E-state index contributed by atoms with van der Waals surface area (Å²) in [7, 11) is 1.37. The lowest BCUT2D eigenvalue weighted by Gasteiger charge is -2.25. The van der Waals surface area contributed by atoms with Crippen LogP contribution in [0.15, 0.2) is 72.8 Å². The number of nitriles is 1. The predicted molar refractivity (Wildman–Crippen MR) is 116 cm³/mol. The smallest absolute Gasteiger partial charge is 0.337 e. The molecule has 3 aromatic carbocycles. The van der Waals surface area contributed by atoms with E-state index in [1.807, 2.05) is 48.5 Å². The van der Waals surface area contributed by atoms with Crippen LogP contribution < -0.4 is 9.64 Å². The summed E-state index contributed by atoms with van der Waals surface area (Å²) in [5, 5.41) is 9.28. The van der Waals surface area contributed by atoms with Crippen molar-refractivity contribution in [3.05, 3.63) is 95.1 Å². The Morgan fingerprint density at radius 3 is 2.40 bits per heavy atom. The summed E-state index contributed by atoms with van der Waals surface area (Å²) in [5.74, 6) is 0.343.